The lowest BCUT2D eigenvalue weighted by Crippen LogP contribution is -2.51. The molecular formula is C13H15FN4O2S. The van der Waals surface area contributed by atoms with Crippen LogP contribution >= 0.6 is 0 Å². The van der Waals surface area contributed by atoms with Crippen LogP contribution in [0.2, 0.25) is 0 Å². The van der Waals surface area contributed by atoms with E-state index in [0.717, 1.165) is 0 Å². The summed E-state index contributed by atoms with van der Waals surface area (Å²) >= 11 is 0. The van der Waals surface area contributed by atoms with Gasteiger partial charge in [-0.3, -0.25) is 4.68 Å². The Hall–Kier alpha value is -1.80. The first-order valence-corrected chi connectivity index (χ1v) is 8.01. The number of aromatic nitrogens is 3. The second kappa shape index (κ2) is 5.19. The zero-order valence-corrected chi connectivity index (χ0v) is 12.3. The molecule has 0 spiro atoms. The van der Waals surface area contributed by atoms with Gasteiger partial charge in [0, 0.05) is 31.7 Å². The van der Waals surface area contributed by atoms with Crippen molar-refractivity contribution in [3.8, 4) is 0 Å². The van der Waals surface area contributed by atoms with Crippen LogP contribution in [-0.4, -0.2) is 40.8 Å². The van der Waals surface area contributed by atoms with E-state index < -0.39 is 15.8 Å². The van der Waals surface area contributed by atoms with Gasteiger partial charge in [-0.2, -0.15) is 4.31 Å². The van der Waals surface area contributed by atoms with E-state index in [4.69, 9.17) is 0 Å². The summed E-state index contributed by atoms with van der Waals surface area (Å²) in [5.41, 5.74) is 0.426. The molecule has 1 aliphatic rings. The number of benzene rings is 1. The highest BCUT2D eigenvalue weighted by molar-refractivity contribution is 7.89. The quantitative estimate of drug-likeness (QED) is 0.846. The Labute approximate surface area is 122 Å². The molecule has 1 aliphatic heterocycles. The van der Waals surface area contributed by atoms with Gasteiger partial charge < -0.3 is 0 Å². The van der Waals surface area contributed by atoms with Crippen LogP contribution in [0.5, 0.6) is 0 Å². The molecule has 1 fully saturated rings. The minimum atomic E-state index is -3.54. The van der Waals surface area contributed by atoms with E-state index in [1.54, 1.807) is 24.0 Å². The van der Waals surface area contributed by atoms with Crippen molar-refractivity contribution in [1.82, 2.24) is 19.3 Å². The third-order valence-electron chi connectivity index (χ3n) is 3.60. The fourth-order valence-electron chi connectivity index (χ4n) is 2.47. The summed E-state index contributed by atoms with van der Waals surface area (Å²) in [5.74, 6) is -0.207. The highest BCUT2D eigenvalue weighted by Crippen LogP contribution is 2.28. The van der Waals surface area contributed by atoms with Gasteiger partial charge in [0.25, 0.3) is 0 Å². The predicted octanol–water partition coefficient (Wildman–Crippen LogP) is 1.05. The van der Waals surface area contributed by atoms with Gasteiger partial charge in [0.1, 0.15) is 5.82 Å². The Morgan fingerprint density at radius 3 is 2.76 bits per heavy atom. The highest BCUT2D eigenvalue weighted by atomic mass is 32.2. The molecule has 1 aromatic heterocycles. The Kier molecular flexibility index (Phi) is 3.50. The zero-order valence-electron chi connectivity index (χ0n) is 11.5. The molecule has 0 N–H and O–H groups in total. The van der Waals surface area contributed by atoms with E-state index in [1.807, 2.05) is 0 Å². The molecule has 2 aromatic rings. The molecule has 3 rings (SSSR count). The Morgan fingerprint density at radius 1 is 1.38 bits per heavy atom. The Balaban J connectivity index is 1.70. The van der Waals surface area contributed by atoms with Crippen LogP contribution in [0, 0.1) is 18.7 Å². The van der Waals surface area contributed by atoms with Crippen LogP contribution in [0.25, 0.3) is 0 Å². The lowest BCUT2D eigenvalue weighted by Gasteiger charge is -2.38. The van der Waals surface area contributed by atoms with Crippen LogP contribution in [0.1, 0.15) is 5.56 Å². The predicted molar refractivity (Wildman–Crippen MR) is 73.4 cm³/mol. The minimum absolute atomic E-state index is 0.170. The van der Waals surface area contributed by atoms with Crippen molar-refractivity contribution in [2.75, 3.05) is 13.1 Å². The van der Waals surface area contributed by atoms with Crippen LogP contribution in [0.3, 0.4) is 0 Å². The van der Waals surface area contributed by atoms with Crippen LogP contribution in [0.15, 0.2) is 35.5 Å². The molecule has 21 heavy (non-hydrogen) atoms. The van der Waals surface area contributed by atoms with Crippen LogP contribution in [0.4, 0.5) is 4.39 Å². The van der Waals surface area contributed by atoms with Crippen molar-refractivity contribution in [2.45, 2.75) is 18.4 Å². The van der Waals surface area contributed by atoms with Gasteiger partial charge in [-0.15, -0.1) is 5.10 Å². The van der Waals surface area contributed by atoms with Gasteiger partial charge in [-0.05, 0) is 30.7 Å². The first kappa shape index (κ1) is 14.2. The molecule has 0 saturated carbocycles. The lowest BCUT2D eigenvalue weighted by molar-refractivity contribution is 0.174. The fraction of sp³-hybridized carbons (Fsp3) is 0.385. The summed E-state index contributed by atoms with van der Waals surface area (Å²) in [4.78, 5) is 0.170. The Bertz CT molecular complexity index is 740. The van der Waals surface area contributed by atoms with Crippen LogP contribution < -0.4 is 0 Å². The molecule has 6 nitrogen and oxygen atoms in total. The smallest absolute Gasteiger partial charge is 0.243 e. The first-order valence-electron chi connectivity index (χ1n) is 6.57. The van der Waals surface area contributed by atoms with E-state index in [2.05, 4.69) is 10.3 Å². The number of rotatable bonds is 4. The number of sulfonamides is 1. The van der Waals surface area contributed by atoms with Crippen molar-refractivity contribution in [3.63, 3.8) is 0 Å². The van der Waals surface area contributed by atoms with Crippen molar-refractivity contribution in [1.29, 1.82) is 0 Å². The average molecular weight is 310 g/mol. The van der Waals surface area contributed by atoms with Crippen molar-refractivity contribution in [3.05, 3.63) is 42.0 Å². The van der Waals surface area contributed by atoms with E-state index in [9.17, 15) is 12.8 Å². The normalized spacial score (nSPS) is 16.9. The third kappa shape index (κ3) is 2.68. The lowest BCUT2D eigenvalue weighted by atomic mass is 10.0. The maximum Gasteiger partial charge on any atom is 0.243 e. The largest absolute Gasteiger partial charge is 0.252 e. The van der Waals surface area contributed by atoms with Crippen molar-refractivity contribution >= 4 is 10.0 Å². The minimum Gasteiger partial charge on any atom is -0.252 e. The monoisotopic (exact) mass is 310 g/mol. The summed E-state index contributed by atoms with van der Waals surface area (Å²) in [6.07, 6.45) is 3.34. The summed E-state index contributed by atoms with van der Waals surface area (Å²) in [5, 5.41) is 7.58. The fourth-order valence-corrected chi connectivity index (χ4v) is 4.27. The molecule has 8 heteroatoms. The zero-order chi connectivity index (χ0) is 15.0. The number of nitrogens with zero attached hydrogens (tertiary/aromatic N) is 4. The topological polar surface area (TPSA) is 68.1 Å². The first-order chi connectivity index (χ1) is 9.96. The van der Waals surface area contributed by atoms with Crippen molar-refractivity contribution in [2.24, 2.45) is 5.92 Å². The van der Waals surface area contributed by atoms with Gasteiger partial charge >= 0.3 is 0 Å². The second-order valence-corrected chi connectivity index (χ2v) is 7.13. The van der Waals surface area contributed by atoms with Gasteiger partial charge in [-0.1, -0.05) is 5.21 Å². The number of hydrogen-bond donors (Lipinski definition) is 0. The molecule has 1 saturated heterocycles. The third-order valence-corrected chi connectivity index (χ3v) is 5.59. The highest BCUT2D eigenvalue weighted by Gasteiger charge is 2.37. The molecule has 0 atom stereocenters. The second-order valence-electron chi connectivity index (χ2n) is 5.22. The van der Waals surface area contributed by atoms with E-state index in [-0.39, 0.29) is 10.8 Å². The van der Waals surface area contributed by atoms with E-state index in [0.29, 0.717) is 25.2 Å². The van der Waals surface area contributed by atoms with Gasteiger partial charge in [0.05, 0.1) is 11.1 Å². The van der Waals surface area contributed by atoms with Gasteiger partial charge in [0.2, 0.25) is 10.0 Å². The SMILES string of the molecule is Cc1cc(F)ccc1S(=O)(=O)N1CC(Cn2ccnn2)C1. The van der Waals surface area contributed by atoms with E-state index >= 15 is 0 Å². The summed E-state index contributed by atoms with van der Waals surface area (Å²) in [6.45, 7) is 3.13. The van der Waals surface area contributed by atoms with Gasteiger partial charge in [-0.25, -0.2) is 12.8 Å². The summed E-state index contributed by atoms with van der Waals surface area (Å²) in [6, 6.07) is 3.73. The van der Waals surface area contributed by atoms with Gasteiger partial charge in [0.15, 0.2) is 0 Å². The van der Waals surface area contributed by atoms with Crippen molar-refractivity contribution < 1.29 is 12.8 Å². The molecule has 0 amide bonds. The number of aryl methyl sites for hydroxylation is 1. The molecule has 2 heterocycles. The maximum absolute atomic E-state index is 13.1. The summed E-state index contributed by atoms with van der Waals surface area (Å²) < 4.78 is 41.1. The molecular weight excluding hydrogens is 295 g/mol. The maximum atomic E-state index is 13.1. The average Bonchev–Trinajstić information content (AvgIpc) is 2.85. The molecule has 0 radical (unpaired) electrons. The Morgan fingerprint density at radius 2 is 2.14 bits per heavy atom. The standard InChI is InChI=1S/C13H15FN4O2S/c1-10-6-12(14)2-3-13(10)21(19,20)18-8-11(9-18)7-17-5-4-15-16-17/h2-6,11H,7-9H2,1H3. The number of hydrogen-bond acceptors (Lipinski definition) is 4. The van der Waals surface area contributed by atoms with E-state index in [1.165, 1.54) is 22.5 Å². The molecule has 0 unspecified atom stereocenters. The molecule has 112 valence electrons. The van der Waals surface area contributed by atoms with Crippen LogP contribution in [-0.2, 0) is 16.6 Å². The molecule has 0 aliphatic carbocycles. The molecule has 1 aromatic carbocycles. The number of halogens is 1. The summed E-state index contributed by atoms with van der Waals surface area (Å²) in [7, 11) is -3.54. The molecule has 0 bridgehead atoms.